The summed E-state index contributed by atoms with van der Waals surface area (Å²) in [5.41, 5.74) is 0.0454. The van der Waals surface area contributed by atoms with Gasteiger partial charge in [0.15, 0.2) is 0 Å². The molecule has 57 heavy (non-hydrogen) atoms. The standard InChI is InChI=1S/C40H35F3N6O6.C2H6/c1-23-18-25(48-16-17-54-22-33(48)40(2,42)43)20-29(41)34(23)36(50)46-30(38(52)55-26-8-5-4-6-9-26)19-24-11-12-31(35-27(24)10-7-14-45-35)49-37(51)28-13-15-44-21-32(28)47(3)39(49)53;1-2/h4-15,18,20-21,30,33H,16-17,19,22H2,1-3H3,(H,46,50);1-2H3/t30-,33+;/m0./s1. The van der Waals surface area contributed by atoms with Crippen LogP contribution in [-0.2, 0) is 23.0 Å². The lowest BCUT2D eigenvalue weighted by Crippen LogP contribution is -2.54. The van der Waals surface area contributed by atoms with Crippen molar-refractivity contribution in [1.82, 2.24) is 24.4 Å². The van der Waals surface area contributed by atoms with Crippen molar-refractivity contribution in [1.29, 1.82) is 0 Å². The summed E-state index contributed by atoms with van der Waals surface area (Å²) in [5, 5.41) is 3.36. The van der Waals surface area contributed by atoms with E-state index in [-0.39, 0.29) is 65.3 Å². The van der Waals surface area contributed by atoms with Gasteiger partial charge in [-0.2, -0.15) is 0 Å². The van der Waals surface area contributed by atoms with E-state index in [1.54, 1.807) is 48.5 Å². The van der Waals surface area contributed by atoms with Gasteiger partial charge in [0.1, 0.15) is 23.7 Å². The molecule has 15 heteroatoms. The molecule has 6 aromatic rings. The molecule has 1 fully saturated rings. The van der Waals surface area contributed by atoms with Crippen LogP contribution in [0, 0.1) is 12.7 Å². The molecule has 0 spiro atoms. The Hall–Kier alpha value is -6.35. The molecule has 0 bridgehead atoms. The Morgan fingerprint density at radius 3 is 2.49 bits per heavy atom. The zero-order valence-electron chi connectivity index (χ0n) is 32.0. The Morgan fingerprint density at radius 1 is 1.02 bits per heavy atom. The highest BCUT2D eigenvalue weighted by Gasteiger charge is 2.41. The van der Waals surface area contributed by atoms with E-state index < -0.39 is 46.9 Å². The van der Waals surface area contributed by atoms with Gasteiger partial charge < -0.3 is 19.7 Å². The van der Waals surface area contributed by atoms with Gasteiger partial charge in [-0.15, -0.1) is 0 Å². The molecule has 1 aliphatic rings. The summed E-state index contributed by atoms with van der Waals surface area (Å²) >= 11 is 0. The minimum absolute atomic E-state index is 0.0923. The molecule has 12 nitrogen and oxygen atoms in total. The number of carbonyl (C=O) groups excluding carboxylic acids is 2. The number of hydrogen-bond acceptors (Lipinski definition) is 9. The van der Waals surface area contributed by atoms with Crippen LogP contribution in [0.3, 0.4) is 0 Å². The van der Waals surface area contributed by atoms with Crippen LogP contribution in [-0.4, -0.2) is 68.7 Å². The van der Waals surface area contributed by atoms with Crippen molar-refractivity contribution in [3.05, 3.63) is 135 Å². The van der Waals surface area contributed by atoms with Crippen molar-refractivity contribution in [2.24, 2.45) is 7.05 Å². The molecule has 0 saturated carbocycles. The third kappa shape index (κ3) is 8.14. The van der Waals surface area contributed by atoms with Gasteiger partial charge in [0, 0.05) is 50.4 Å². The van der Waals surface area contributed by atoms with Gasteiger partial charge in [-0.05, 0) is 60.5 Å². The summed E-state index contributed by atoms with van der Waals surface area (Å²) in [6, 6.07) is 15.9. The van der Waals surface area contributed by atoms with Gasteiger partial charge in [0.25, 0.3) is 17.4 Å². The van der Waals surface area contributed by atoms with Crippen LogP contribution in [0.25, 0.3) is 27.5 Å². The van der Waals surface area contributed by atoms with Crippen LogP contribution in [0.5, 0.6) is 5.75 Å². The first-order valence-electron chi connectivity index (χ1n) is 18.4. The van der Waals surface area contributed by atoms with Gasteiger partial charge in [-0.3, -0.25) is 24.1 Å². The molecule has 1 saturated heterocycles. The molecule has 0 unspecified atom stereocenters. The number of amides is 1. The van der Waals surface area contributed by atoms with Crippen LogP contribution in [0.2, 0.25) is 0 Å². The van der Waals surface area contributed by atoms with Crippen molar-refractivity contribution in [3.8, 4) is 11.4 Å². The number of nitrogens with zero attached hydrogens (tertiary/aromatic N) is 5. The number of rotatable bonds is 9. The van der Waals surface area contributed by atoms with E-state index in [1.165, 1.54) is 60.2 Å². The fourth-order valence-corrected chi connectivity index (χ4v) is 6.91. The van der Waals surface area contributed by atoms with E-state index in [9.17, 15) is 28.0 Å². The van der Waals surface area contributed by atoms with E-state index >= 15 is 4.39 Å². The number of fused-ring (bicyclic) bond motifs is 2. The molecule has 4 heterocycles. The molecule has 0 aliphatic carbocycles. The Morgan fingerprint density at radius 2 is 1.77 bits per heavy atom. The predicted octanol–water partition coefficient (Wildman–Crippen LogP) is 5.91. The number of halogens is 3. The molecule has 3 aromatic carbocycles. The van der Waals surface area contributed by atoms with Crippen molar-refractivity contribution >= 4 is 39.4 Å². The third-order valence-corrected chi connectivity index (χ3v) is 9.67. The van der Waals surface area contributed by atoms with Crippen LogP contribution in [0.15, 0.2) is 101 Å². The quantitative estimate of drug-likeness (QED) is 0.140. The van der Waals surface area contributed by atoms with Gasteiger partial charge in [0.2, 0.25) is 0 Å². The summed E-state index contributed by atoms with van der Waals surface area (Å²) in [7, 11) is 1.53. The monoisotopic (exact) mass is 782 g/mol. The van der Waals surface area contributed by atoms with Gasteiger partial charge >= 0.3 is 11.7 Å². The topological polar surface area (TPSA) is 138 Å². The first kappa shape index (κ1) is 40.3. The summed E-state index contributed by atoms with van der Waals surface area (Å²) in [6.07, 6.45) is 4.21. The van der Waals surface area contributed by atoms with Crippen LogP contribution < -0.4 is 26.2 Å². The average Bonchev–Trinajstić information content (AvgIpc) is 3.21. The second-order valence-electron chi connectivity index (χ2n) is 13.3. The first-order chi connectivity index (χ1) is 27.3. The fourth-order valence-electron chi connectivity index (χ4n) is 6.91. The SMILES string of the molecule is CC.Cc1cc(N2CCOC[C@@H]2C(C)(F)F)cc(F)c1C(=O)N[C@@H](Cc1ccc(-n2c(=O)c3ccncc3n(C)c2=O)c2ncccc12)C(=O)Oc1ccccc1. The highest BCUT2D eigenvalue weighted by molar-refractivity contribution is 5.99. The second-order valence-corrected chi connectivity index (χ2v) is 13.3. The van der Waals surface area contributed by atoms with E-state index in [0.717, 1.165) is 17.6 Å². The van der Waals surface area contributed by atoms with Crippen molar-refractivity contribution < 1.29 is 32.2 Å². The summed E-state index contributed by atoms with van der Waals surface area (Å²) in [6.45, 7) is 6.25. The number of anilines is 1. The zero-order chi connectivity index (χ0) is 41.0. The molecule has 0 radical (unpaired) electrons. The molecule has 2 atom stereocenters. The highest BCUT2D eigenvalue weighted by Crippen LogP contribution is 2.32. The summed E-state index contributed by atoms with van der Waals surface area (Å²) < 4.78 is 58.0. The van der Waals surface area contributed by atoms with Gasteiger partial charge in [-0.1, -0.05) is 44.2 Å². The van der Waals surface area contributed by atoms with Crippen molar-refractivity contribution in [2.75, 3.05) is 24.7 Å². The van der Waals surface area contributed by atoms with E-state index in [4.69, 9.17) is 9.47 Å². The molecule has 3 aromatic heterocycles. The number of esters is 1. The third-order valence-electron chi connectivity index (χ3n) is 9.67. The summed E-state index contributed by atoms with van der Waals surface area (Å²) in [5.74, 6) is -5.70. The molecule has 296 valence electrons. The smallest absolute Gasteiger partial charge is 0.335 e. The average molecular weight is 783 g/mol. The number of aryl methyl sites for hydroxylation is 2. The van der Waals surface area contributed by atoms with Crippen LogP contribution in [0.4, 0.5) is 18.9 Å². The zero-order valence-corrected chi connectivity index (χ0v) is 32.0. The van der Waals surface area contributed by atoms with Crippen LogP contribution >= 0.6 is 0 Å². The normalized spacial score (nSPS) is 14.8. The Bertz CT molecular complexity index is 2550. The number of benzene rings is 3. The van der Waals surface area contributed by atoms with Crippen molar-refractivity contribution in [3.63, 3.8) is 0 Å². The summed E-state index contributed by atoms with van der Waals surface area (Å²) in [4.78, 5) is 64.8. The van der Waals surface area contributed by atoms with Gasteiger partial charge in [0.05, 0.1) is 47.1 Å². The molecular weight excluding hydrogens is 741 g/mol. The number of nitrogens with one attached hydrogen (secondary N) is 1. The number of aromatic nitrogens is 4. The highest BCUT2D eigenvalue weighted by atomic mass is 19.3. The Labute approximate surface area is 325 Å². The molecule has 1 N–H and O–H groups in total. The number of pyridine rings is 2. The first-order valence-corrected chi connectivity index (χ1v) is 18.4. The molecular formula is C42H41F3N6O6. The number of ether oxygens (including phenoxy) is 2. The predicted molar refractivity (Wildman–Crippen MR) is 210 cm³/mol. The maximum Gasteiger partial charge on any atom is 0.335 e. The number of carbonyl (C=O) groups is 2. The van der Waals surface area contributed by atoms with Crippen molar-refractivity contribution in [2.45, 2.75) is 52.1 Å². The lowest BCUT2D eigenvalue weighted by Gasteiger charge is -2.40. The number of hydrogen-bond donors (Lipinski definition) is 1. The maximum absolute atomic E-state index is 15.9. The van der Waals surface area contributed by atoms with Gasteiger partial charge in [-0.25, -0.2) is 27.3 Å². The molecule has 1 aliphatic heterocycles. The fraction of sp³-hybridized carbons (Fsp3) is 0.286. The maximum atomic E-state index is 15.9. The Balaban J connectivity index is 0.00000270. The minimum Gasteiger partial charge on any atom is -0.425 e. The Kier molecular flexibility index (Phi) is 11.9. The lowest BCUT2D eigenvalue weighted by molar-refractivity contribution is -0.136. The van der Waals surface area contributed by atoms with E-state index in [2.05, 4.69) is 15.3 Å². The molecule has 7 rings (SSSR count). The van der Waals surface area contributed by atoms with E-state index in [1.807, 2.05) is 13.8 Å². The lowest BCUT2D eigenvalue weighted by atomic mass is 9.98. The largest absolute Gasteiger partial charge is 0.425 e. The minimum atomic E-state index is -3.15. The second kappa shape index (κ2) is 16.8. The number of para-hydroxylation sites is 1. The number of alkyl halides is 2. The van der Waals surface area contributed by atoms with E-state index in [0.29, 0.717) is 16.5 Å². The van der Waals surface area contributed by atoms with Crippen LogP contribution in [0.1, 0.15) is 42.3 Å². The molecule has 1 amide bonds. The number of morpholine rings is 1.